The van der Waals surface area contributed by atoms with Crippen LogP contribution >= 0.6 is 0 Å². The quantitative estimate of drug-likeness (QED) is 0.565. The van der Waals surface area contributed by atoms with E-state index in [9.17, 15) is 19.7 Å². The first-order chi connectivity index (χ1) is 15.4. The minimum absolute atomic E-state index is 0.0356. The zero-order valence-corrected chi connectivity index (χ0v) is 17.8. The van der Waals surface area contributed by atoms with Crippen LogP contribution in [0.3, 0.4) is 0 Å². The number of urea groups is 1. The Hall–Kier alpha value is -3.82. The number of carbonyl (C=O) groups excluding carboxylic acids is 2. The molecule has 2 fully saturated rings. The van der Waals surface area contributed by atoms with Crippen LogP contribution in [-0.2, 0) is 4.79 Å². The number of hydrogen-bond acceptors (Lipinski definition) is 6. The van der Waals surface area contributed by atoms with Crippen molar-refractivity contribution < 1.29 is 19.2 Å². The molecule has 2 aromatic carbocycles. The summed E-state index contributed by atoms with van der Waals surface area (Å²) in [5, 5.41) is 13.8. The van der Waals surface area contributed by atoms with Crippen LogP contribution in [-0.4, -0.2) is 67.6 Å². The Kier molecular flexibility index (Phi) is 6.11. The average molecular weight is 439 g/mol. The first kappa shape index (κ1) is 21.4. The first-order valence-electron chi connectivity index (χ1n) is 10.4. The van der Waals surface area contributed by atoms with Gasteiger partial charge in [-0.05, 0) is 24.3 Å². The number of non-ortho nitro benzene ring substituents is 1. The molecule has 3 amide bonds. The molecule has 2 saturated heterocycles. The normalized spacial score (nSPS) is 18.6. The summed E-state index contributed by atoms with van der Waals surface area (Å²) in [6.07, 6.45) is 0.256. The van der Waals surface area contributed by atoms with E-state index in [0.717, 1.165) is 11.4 Å². The smallest absolute Gasteiger partial charge is 0.317 e. The van der Waals surface area contributed by atoms with Crippen molar-refractivity contribution in [3.8, 4) is 5.75 Å². The molecule has 10 heteroatoms. The highest BCUT2D eigenvalue weighted by Gasteiger charge is 2.33. The van der Waals surface area contributed by atoms with Crippen LogP contribution in [0, 0.1) is 10.1 Å². The van der Waals surface area contributed by atoms with Crippen molar-refractivity contribution >= 4 is 29.0 Å². The minimum atomic E-state index is -0.421. The van der Waals surface area contributed by atoms with Gasteiger partial charge in [0, 0.05) is 68.7 Å². The maximum atomic E-state index is 12.7. The predicted octanol–water partition coefficient (Wildman–Crippen LogP) is 2.24. The highest BCUT2D eigenvalue weighted by Crippen LogP contribution is 2.26. The summed E-state index contributed by atoms with van der Waals surface area (Å²) in [7, 11) is 1.58. The Morgan fingerprint density at radius 1 is 1.09 bits per heavy atom. The lowest BCUT2D eigenvalue weighted by molar-refractivity contribution is -0.384. The van der Waals surface area contributed by atoms with E-state index in [1.165, 1.54) is 12.1 Å². The zero-order valence-electron chi connectivity index (χ0n) is 17.8. The number of piperazine rings is 1. The maximum absolute atomic E-state index is 12.7. The standard InChI is InChI=1S/C22H25N5O5/c1-32-20-4-2-3-19(14-20)26-15-16(13-21(26)28)23-22(29)25-11-9-24(10-12-25)17-5-7-18(8-6-17)27(30)31/h2-8,14,16H,9-13,15H2,1H3,(H,23,29)/t16-/m0/s1. The van der Waals surface area contributed by atoms with Crippen LogP contribution in [0.25, 0.3) is 0 Å². The number of anilines is 2. The van der Waals surface area contributed by atoms with E-state index in [1.54, 1.807) is 35.1 Å². The van der Waals surface area contributed by atoms with E-state index in [4.69, 9.17) is 4.74 Å². The van der Waals surface area contributed by atoms with Crippen molar-refractivity contribution in [3.63, 3.8) is 0 Å². The van der Waals surface area contributed by atoms with Crippen LogP contribution in [0.4, 0.5) is 21.9 Å². The lowest BCUT2D eigenvalue weighted by atomic mass is 10.2. The largest absolute Gasteiger partial charge is 0.497 e. The molecule has 4 rings (SSSR count). The molecule has 2 aromatic rings. The second-order valence-corrected chi connectivity index (χ2v) is 7.80. The van der Waals surface area contributed by atoms with Gasteiger partial charge in [0.2, 0.25) is 5.91 Å². The molecule has 10 nitrogen and oxygen atoms in total. The van der Waals surface area contributed by atoms with Crippen LogP contribution < -0.4 is 19.9 Å². The monoisotopic (exact) mass is 439 g/mol. The second kappa shape index (κ2) is 9.13. The fourth-order valence-corrected chi connectivity index (χ4v) is 4.05. The van der Waals surface area contributed by atoms with Gasteiger partial charge in [0.25, 0.3) is 5.69 Å². The second-order valence-electron chi connectivity index (χ2n) is 7.80. The van der Waals surface area contributed by atoms with Crippen LogP contribution in [0.5, 0.6) is 5.75 Å². The first-order valence-corrected chi connectivity index (χ1v) is 10.4. The number of carbonyl (C=O) groups is 2. The molecule has 0 radical (unpaired) electrons. The predicted molar refractivity (Wildman–Crippen MR) is 119 cm³/mol. The van der Waals surface area contributed by atoms with Gasteiger partial charge >= 0.3 is 6.03 Å². The van der Waals surface area contributed by atoms with Crippen molar-refractivity contribution in [2.45, 2.75) is 12.5 Å². The number of methoxy groups -OCH3 is 1. The van der Waals surface area contributed by atoms with Gasteiger partial charge in [-0.3, -0.25) is 14.9 Å². The van der Waals surface area contributed by atoms with E-state index in [-0.39, 0.29) is 30.1 Å². The summed E-state index contributed by atoms with van der Waals surface area (Å²) >= 11 is 0. The van der Waals surface area contributed by atoms with Crippen LogP contribution in [0.15, 0.2) is 48.5 Å². The molecular weight excluding hydrogens is 414 g/mol. The molecule has 0 aliphatic carbocycles. The summed E-state index contributed by atoms with van der Waals surface area (Å²) in [5.74, 6) is 0.639. The number of nitrogens with zero attached hydrogens (tertiary/aromatic N) is 4. The van der Waals surface area contributed by atoms with Gasteiger partial charge in [-0.2, -0.15) is 0 Å². The zero-order chi connectivity index (χ0) is 22.7. The van der Waals surface area contributed by atoms with Gasteiger partial charge in [0.05, 0.1) is 18.1 Å². The van der Waals surface area contributed by atoms with E-state index < -0.39 is 4.92 Å². The van der Waals surface area contributed by atoms with Crippen molar-refractivity contribution in [2.75, 3.05) is 49.6 Å². The Balaban J connectivity index is 1.29. The van der Waals surface area contributed by atoms with E-state index in [2.05, 4.69) is 10.2 Å². The molecule has 1 atom stereocenters. The fourth-order valence-electron chi connectivity index (χ4n) is 4.05. The topological polar surface area (TPSA) is 108 Å². The number of benzene rings is 2. The fraction of sp³-hybridized carbons (Fsp3) is 0.364. The van der Waals surface area contributed by atoms with Crippen molar-refractivity contribution in [2.24, 2.45) is 0 Å². The third-order valence-corrected chi connectivity index (χ3v) is 5.81. The molecular formula is C22H25N5O5. The van der Waals surface area contributed by atoms with Gasteiger partial charge in [-0.25, -0.2) is 4.79 Å². The Bertz CT molecular complexity index is 1000. The number of nitrogens with one attached hydrogen (secondary N) is 1. The highest BCUT2D eigenvalue weighted by molar-refractivity contribution is 5.97. The molecule has 0 unspecified atom stereocenters. The molecule has 0 bridgehead atoms. The van der Waals surface area contributed by atoms with Crippen LogP contribution in [0.2, 0.25) is 0 Å². The van der Waals surface area contributed by atoms with Crippen molar-refractivity contribution in [3.05, 3.63) is 58.6 Å². The van der Waals surface area contributed by atoms with E-state index in [1.807, 2.05) is 18.2 Å². The third kappa shape index (κ3) is 4.58. The molecule has 32 heavy (non-hydrogen) atoms. The molecule has 1 N–H and O–H groups in total. The molecule has 2 heterocycles. The van der Waals surface area contributed by atoms with Gasteiger partial charge < -0.3 is 24.8 Å². The summed E-state index contributed by atoms with van der Waals surface area (Å²) in [5.41, 5.74) is 1.70. The minimum Gasteiger partial charge on any atom is -0.497 e. The maximum Gasteiger partial charge on any atom is 0.317 e. The third-order valence-electron chi connectivity index (χ3n) is 5.81. The summed E-state index contributed by atoms with van der Waals surface area (Å²) in [6, 6.07) is 13.3. The number of nitro groups is 1. The number of nitro benzene ring substituents is 1. The Labute approximate surface area is 185 Å². The summed E-state index contributed by atoms with van der Waals surface area (Å²) in [4.78, 5) is 41.1. The molecule has 168 valence electrons. The molecule has 2 aliphatic heterocycles. The van der Waals surface area contributed by atoms with Crippen molar-refractivity contribution in [1.29, 1.82) is 0 Å². The molecule has 0 saturated carbocycles. The number of ether oxygens (including phenoxy) is 1. The summed E-state index contributed by atoms with van der Waals surface area (Å²) in [6.45, 7) is 2.74. The van der Waals surface area contributed by atoms with E-state index in [0.29, 0.717) is 38.5 Å². The van der Waals surface area contributed by atoms with Gasteiger partial charge in [-0.1, -0.05) is 6.07 Å². The Morgan fingerprint density at radius 2 is 1.81 bits per heavy atom. The van der Waals surface area contributed by atoms with Crippen molar-refractivity contribution in [1.82, 2.24) is 10.2 Å². The lowest BCUT2D eigenvalue weighted by Crippen LogP contribution is -2.53. The van der Waals surface area contributed by atoms with Gasteiger partial charge in [0.1, 0.15) is 5.75 Å². The Morgan fingerprint density at radius 3 is 2.47 bits per heavy atom. The number of rotatable bonds is 5. The number of hydrogen-bond donors (Lipinski definition) is 1. The average Bonchev–Trinajstić information content (AvgIpc) is 3.19. The van der Waals surface area contributed by atoms with Gasteiger partial charge in [0.15, 0.2) is 0 Å². The van der Waals surface area contributed by atoms with Crippen LogP contribution in [0.1, 0.15) is 6.42 Å². The van der Waals surface area contributed by atoms with Gasteiger partial charge in [-0.15, -0.1) is 0 Å². The summed E-state index contributed by atoms with van der Waals surface area (Å²) < 4.78 is 5.23. The highest BCUT2D eigenvalue weighted by atomic mass is 16.6. The molecule has 0 spiro atoms. The SMILES string of the molecule is COc1cccc(N2C[C@@H](NC(=O)N3CCN(c4ccc([N+](=O)[O-])cc4)CC3)CC2=O)c1. The van der Waals surface area contributed by atoms with E-state index >= 15 is 0 Å². The number of amides is 3. The lowest BCUT2D eigenvalue weighted by Gasteiger charge is -2.36. The molecule has 0 aromatic heterocycles. The molecule has 2 aliphatic rings.